The van der Waals surface area contributed by atoms with E-state index in [1.807, 2.05) is 31.1 Å². The van der Waals surface area contributed by atoms with Gasteiger partial charge in [0, 0.05) is 29.1 Å². The second-order valence-corrected chi connectivity index (χ2v) is 11.6. The van der Waals surface area contributed by atoms with Crippen LogP contribution in [0.15, 0.2) is 59.5 Å². The highest BCUT2D eigenvalue weighted by Crippen LogP contribution is 2.67. The van der Waals surface area contributed by atoms with Gasteiger partial charge in [0.1, 0.15) is 6.10 Å². The number of anilines is 1. The molecule has 7 heteroatoms. The van der Waals surface area contributed by atoms with Gasteiger partial charge in [0.25, 0.3) is 5.91 Å². The maximum absolute atomic E-state index is 13.5. The molecule has 8 atom stereocenters. The van der Waals surface area contributed by atoms with E-state index >= 15 is 0 Å². The molecule has 1 amide bonds. The van der Waals surface area contributed by atoms with Crippen molar-refractivity contribution in [3.63, 3.8) is 0 Å². The van der Waals surface area contributed by atoms with Crippen LogP contribution in [0.3, 0.4) is 0 Å². The summed E-state index contributed by atoms with van der Waals surface area (Å²) in [7, 11) is 3.89. The molecule has 7 nitrogen and oxygen atoms in total. The number of aliphatic hydroxyl groups is 2. The number of carbonyl (C=O) groups is 1. The van der Waals surface area contributed by atoms with E-state index in [1.165, 1.54) is 0 Å². The molecule has 2 aliphatic heterocycles. The Balaban J connectivity index is 1.38. The van der Waals surface area contributed by atoms with Crippen molar-refractivity contribution in [1.82, 2.24) is 9.88 Å². The SMILES string of the molecule is CC1C=C2C=C3[C@@H](O)[C@H](O)[C@@H](N(C)C)C[C@]34CC[C@]2(O4)C2CC=C(C(=O)Nc3cccnc3)[C@@]12C. The van der Waals surface area contributed by atoms with Crippen molar-refractivity contribution in [2.24, 2.45) is 17.3 Å². The summed E-state index contributed by atoms with van der Waals surface area (Å²) < 4.78 is 7.14. The second kappa shape index (κ2) is 7.59. The highest BCUT2D eigenvalue weighted by molar-refractivity contribution is 6.05. The number of carbonyl (C=O) groups excluding carboxylic acids is 1. The zero-order valence-corrected chi connectivity index (χ0v) is 20.9. The van der Waals surface area contributed by atoms with Crippen LogP contribution in [-0.2, 0) is 9.53 Å². The van der Waals surface area contributed by atoms with E-state index in [1.54, 1.807) is 12.4 Å². The smallest absolute Gasteiger partial charge is 0.251 e. The fraction of sp³-hybridized carbons (Fsp3) is 0.571. The zero-order valence-electron chi connectivity index (χ0n) is 20.9. The largest absolute Gasteiger partial charge is 0.388 e. The number of amides is 1. The number of pyridine rings is 1. The predicted molar refractivity (Wildman–Crippen MR) is 132 cm³/mol. The second-order valence-electron chi connectivity index (χ2n) is 11.6. The Morgan fingerprint density at radius 1 is 1.29 bits per heavy atom. The third-order valence-corrected chi connectivity index (χ3v) is 9.81. The number of rotatable bonds is 3. The first-order valence-electron chi connectivity index (χ1n) is 12.7. The molecule has 3 N–H and O–H groups in total. The summed E-state index contributed by atoms with van der Waals surface area (Å²) in [6, 6.07) is 3.48. The normalized spacial score (nSPS) is 43.5. The van der Waals surface area contributed by atoms with Gasteiger partial charge in [-0.1, -0.05) is 32.1 Å². The maximum Gasteiger partial charge on any atom is 0.251 e. The minimum absolute atomic E-state index is 0.0771. The minimum Gasteiger partial charge on any atom is -0.388 e. The lowest BCUT2D eigenvalue weighted by molar-refractivity contribution is -0.167. The summed E-state index contributed by atoms with van der Waals surface area (Å²) in [5, 5.41) is 25.0. The number of aromatic nitrogens is 1. The Kier molecular flexibility index (Phi) is 5.01. The topological polar surface area (TPSA) is 94.9 Å². The van der Waals surface area contributed by atoms with Crippen molar-refractivity contribution in [3.05, 3.63) is 59.5 Å². The molecule has 2 fully saturated rings. The predicted octanol–water partition coefficient (Wildman–Crippen LogP) is 2.83. The van der Waals surface area contributed by atoms with E-state index in [2.05, 4.69) is 42.4 Å². The van der Waals surface area contributed by atoms with Crippen molar-refractivity contribution in [1.29, 1.82) is 0 Å². The van der Waals surface area contributed by atoms with Gasteiger partial charge in [0.2, 0.25) is 0 Å². The number of nitrogens with zero attached hydrogens (tertiary/aromatic N) is 2. The molecule has 35 heavy (non-hydrogen) atoms. The molecule has 0 aromatic carbocycles. The number of hydrogen-bond donors (Lipinski definition) is 3. The standard InChI is InChI=1S/C28H35N3O4/c1-16-12-17-13-20-23(32)24(33)21(31(3)4)14-27(20)9-10-28(17,35-27)22-8-7-19(26(16,22)2)25(34)30-18-6-5-11-29-15-18/h5-7,11-13,15-16,21-24,32-33H,8-10,14H2,1-4H3,(H,30,34)/t16?,21-,22?,23+,24+,26+,27+,28+/m0/s1. The summed E-state index contributed by atoms with van der Waals surface area (Å²) in [6.45, 7) is 4.38. The van der Waals surface area contributed by atoms with Crippen molar-refractivity contribution < 1.29 is 19.7 Å². The first-order valence-corrected chi connectivity index (χ1v) is 12.7. The molecular formula is C28H35N3O4. The molecule has 1 aromatic rings. The van der Waals surface area contributed by atoms with Crippen molar-refractivity contribution in [3.8, 4) is 0 Å². The van der Waals surface area contributed by atoms with Crippen molar-refractivity contribution in [2.45, 2.75) is 69.0 Å². The molecule has 1 aromatic heterocycles. The molecule has 2 unspecified atom stereocenters. The number of nitrogens with one attached hydrogen (secondary N) is 1. The van der Waals surface area contributed by atoms with Gasteiger partial charge < -0.3 is 25.2 Å². The van der Waals surface area contributed by atoms with E-state index in [4.69, 9.17) is 4.74 Å². The Hall–Kier alpha value is -2.32. The Morgan fingerprint density at radius 3 is 2.80 bits per heavy atom. The van der Waals surface area contributed by atoms with E-state index in [0.717, 1.165) is 36.0 Å². The highest BCUT2D eigenvalue weighted by atomic mass is 16.5. The number of fused-ring (bicyclic) bond motifs is 1. The van der Waals surface area contributed by atoms with Crippen LogP contribution in [0.5, 0.6) is 0 Å². The van der Waals surface area contributed by atoms with Crippen molar-refractivity contribution in [2.75, 3.05) is 19.4 Å². The summed E-state index contributed by atoms with van der Waals surface area (Å²) in [6.07, 6.45) is 11.1. The molecule has 1 saturated heterocycles. The van der Waals surface area contributed by atoms with E-state index in [9.17, 15) is 15.0 Å². The highest BCUT2D eigenvalue weighted by Gasteiger charge is 2.68. The monoisotopic (exact) mass is 477 g/mol. The molecule has 2 bridgehead atoms. The van der Waals surface area contributed by atoms with Gasteiger partial charge in [-0.3, -0.25) is 9.78 Å². The summed E-state index contributed by atoms with van der Waals surface area (Å²) in [5.74, 6) is 0.153. The molecular weight excluding hydrogens is 442 g/mol. The third-order valence-electron chi connectivity index (χ3n) is 9.81. The number of aliphatic hydroxyl groups excluding tert-OH is 2. The van der Waals surface area contributed by atoms with Gasteiger partial charge in [-0.05, 0) is 69.0 Å². The lowest BCUT2D eigenvalue weighted by atomic mass is 9.55. The molecule has 3 aliphatic carbocycles. The molecule has 186 valence electrons. The average Bonchev–Trinajstić information content (AvgIpc) is 3.35. The quantitative estimate of drug-likeness (QED) is 0.620. The van der Waals surface area contributed by atoms with E-state index in [-0.39, 0.29) is 29.2 Å². The molecule has 1 saturated carbocycles. The number of likely N-dealkylation sites (N-methyl/N-ethyl adjacent to an activating group) is 1. The van der Waals surface area contributed by atoms with Gasteiger partial charge in [0.15, 0.2) is 0 Å². The minimum atomic E-state index is -0.945. The number of allylic oxidation sites excluding steroid dienone is 2. The number of hydrogen-bond acceptors (Lipinski definition) is 6. The van der Waals surface area contributed by atoms with Crippen LogP contribution in [0.1, 0.15) is 39.5 Å². The fourth-order valence-corrected chi connectivity index (χ4v) is 7.80. The molecule has 0 radical (unpaired) electrons. The van der Waals surface area contributed by atoms with Crippen LogP contribution in [0.4, 0.5) is 5.69 Å². The third kappa shape index (κ3) is 2.99. The molecule has 3 heterocycles. The van der Waals surface area contributed by atoms with Gasteiger partial charge in [0.05, 0.1) is 29.2 Å². The van der Waals surface area contributed by atoms with Gasteiger partial charge >= 0.3 is 0 Å². The average molecular weight is 478 g/mol. The maximum atomic E-state index is 13.5. The van der Waals surface area contributed by atoms with Crippen LogP contribution in [-0.4, -0.2) is 69.6 Å². The lowest BCUT2D eigenvalue weighted by Gasteiger charge is -2.57. The summed E-state index contributed by atoms with van der Waals surface area (Å²) in [5.41, 5.74) is 1.98. The first-order chi connectivity index (χ1) is 16.6. The van der Waals surface area contributed by atoms with Crippen LogP contribution < -0.4 is 5.32 Å². The van der Waals surface area contributed by atoms with E-state index in [0.29, 0.717) is 12.1 Å². The van der Waals surface area contributed by atoms with E-state index < -0.39 is 23.4 Å². The van der Waals surface area contributed by atoms with Crippen molar-refractivity contribution >= 4 is 11.6 Å². The van der Waals surface area contributed by atoms with Crippen LogP contribution in [0.25, 0.3) is 0 Å². The Bertz CT molecular complexity index is 1160. The fourth-order valence-electron chi connectivity index (χ4n) is 7.80. The zero-order chi connectivity index (χ0) is 24.8. The Morgan fingerprint density at radius 2 is 2.09 bits per heavy atom. The van der Waals surface area contributed by atoms with Crippen LogP contribution in [0, 0.1) is 17.3 Å². The number of ether oxygens (including phenoxy) is 1. The summed E-state index contributed by atoms with van der Waals surface area (Å²) >= 11 is 0. The van der Waals surface area contributed by atoms with Gasteiger partial charge in [-0.15, -0.1) is 0 Å². The van der Waals surface area contributed by atoms with Crippen LogP contribution in [0.2, 0.25) is 0 Å². The van der Waals surface area contributed by atoms with Gasteiger partial charge in [-0.2, -0.15) is 0 Å². The molecule has 2 spiro atoms. The summed E-state index contributed by atoms with van der Waals surface area (Å²) in [4.78, 5) is 19.6. The van der Waals surface area contributed by atoms with Gasteiger partial charge in [-0.25, -0.2) is 0 Å². The lowest BCUT2D eigenvalue weighted by Crippen LogP contribution is -2.62. The first kappa shape index (κ1) is 23.1. The van der Waals surface area contributed by atoms with Crippen LogP contribution >= 0.6 is 0 Å². The molecule has 6 rings (SSSR count). The Labute approximate surface area is 206 Å². The molecule has 5 aliphatic rings.